The summed E-state index contributed by atoms with van der Waals surface area (Å²) in [6, 6.07) is 18.5. The first-order valence-corrected chi connectivity index (χ1v) is 7.33. The normalized spacial score (nSPS) is 12.1. The van der Waals surface area contributed by atoms with Crippen molar-refractivity contribution in [2.24, 2.45) is 0 Å². The number of aliphatic hydroxyl groups excluding tert-OH is 1. The first-order chi connectivity index (χ1) is 11.2. The van der Waals surface area contributed by atoms with Crippen molar-refractivity contribution >= 4 is 16.7 Å². The topological polar surface area (TPSA) is 49.3 Å². The van der Waals surface area contributed by atoms with Gasteiger partial charge in [0, 0.05) is 5.56 Å². The van der Waals surface area contributed by atoms with Crippen LogP contribution < -0.4 is 5.32 Å². The predicted molar refractivity (Wildman–Crippen MR) is 87.6 cm³/mol. The minimum absolute atomic E-state index is 0.217. The van der Waals surface area contributed by atoms with Crippen molar-refractivity contribution < 1.29 is 14.3 Å². The van der Waals surface area contributed by atoms with Gasteiger partial charge >= 0.3 is 0 Å². The average Bonchev–Trinajstić information content (AvgIpc) is 2.59. The smallest absolute Gasteiger partial charge is 0.251 e. The molecule has 0 aliphatic carbocycles. The number of hydrogen-bond acceptors (Lipinski definition) is 2. The Morgan fingerprint density at radius 2 is 1.70 bits per heavy atom. The molecule has 0 radical (unpaired) electrons. The molecule has 1 atom stereocenters. The maximum atomic E-state index is 12.9. The van der Waals surface area contributed by atoms with Crippen LogP contribution in [0.5, 0.6) is 0 Å². The number of carbonyl (C=O) groups excluding carboxylic acids is 1. The predicted octanol–water partition coefficient (Wildman–Crippen LogP) is 3.44. The lowest BCUT2D eigenvalue weighted by atomic mass is 10.0. The molecule has 1 amide bonds. The SMILES string of the molecule is O=C(N[C@@H](CO)c1ccc2ccccc2c1)c1ccc(F)cc1. The molecule has 0 fully saturated rings. The fourth-order valence-electron chi connectivity index (χ4n) is 2.50. The number of hydrogen-bond donors (Lipinski definition) is 2. The summed E-state index contributed by atoms with van der Waals surface area (Å²) in [6.07, 6.45) is 0. The van der Waals surface area contributed by atoms with E-state index >= 15 is 0 Å². The highest BCUT2D eigenvalue weighted by atomic mass is 19.1. The molecule has 3 nitrogen and oxygen atoms in total. The molecule has 0 saturated carbocycles. The van der Waals surface area contributed by atoms with Crippen molar-refractivity contribution in [2.45, 2.75) is 6.04 Å². The molecule has 0 aromatic heterocycles. The van der Waals surface area contributed by atoms with E-state index in [2.05, 4.69) is 5.32 Å². The molecule has 0 unspecified atom stereocenters. The third-order valence-corrected chi connectivity index (χ3v) is 3.77. The summed E-state index contributed by atoms with van der Waals surface area (Å²) in [4.78, 5) is 12.2. The van der Waals surface area contributed by atoms with Crippen LogP contribution in [0.15, 0.2) is 66.7 Å². The van der Waals surface area contributed by atoms with E-state index in [0.29, 0.717) is 5.56 Å². The highest BCUT2D eigenvalue weighted by Gasteiger charge is 2.15. The van der Waals surface area contributed by atoms with Gasteiger partial charge in [-0.05, 0) is 46.7 Å². The van der Waals surface area contributed by atoms with E-state index in [0.717, 1.165) is 16.3 Å². The van der Waals surface area contributed by atoms with Gasteiger partial charge in [0.25, 0.3) is 5.91 Å². The lowest BCUT2D eigenvalue weighted by Gasteiger charge is -2.17. The fraction of sp³-hybridized carbons (Fsp3) is 0.105. The molecule has 2 N–H and O–H groups in total. The Morgan fingerprint density at radius 1 is 1.00 bits per heavy atom. The second kappa shape index (κ2) is 6.58. The van der Waals surface area contributed by atoms with E-state index in [4.69, 9.17) is 0 Å². The number of halogens is 1. The molecule has 0 saturated heterocycles. The first kappa shape index (κ1) is 15.2. The van der Waals surface area contributed by atoms with Crippen LogP contribution in [0.25, 0.3) is 10.8 Å². The van der Waals surface area contributed by atoms with E-state index in [1.165, 1.54) is 24.3 Å². The van der Waals surface area contributed by atoms with Gasteiger partial charge in [0.1, 0.15) is 5.82 Å². The zero-order chi connectivity index (χ0) is 16.2. The Labute approximate surface area is 133 Å². The quantitative estimate of drug-likeness (QED) is 0.775. The first-order valence-electron chi connectivity index (χ1n) is 7.33. The monoisotopic (exact) mass is 309 g/mol. The molecular formula is C19H16FNO2. The number of fused-ring (bicyclic) bond motifs is 1. The number of amides is 1. The van der Waals surface area contributed by atoms with Crippen LogP contribution in [0.2, 0.25) is 0 Å². The van der Waals surface area contributed by atoms with Crippen molar-refractivity contribution in [3.8, 4) is 0 Å². The van der Waals surface area contributed by atoms with Gasteiger partial charge in [0.15, 0.2) is 0 Å². The summed E-state index contributed by atoms with van der Waals surface area (Å²) < 4.78 is 12.9. The van der Waals surface area contributed by atoms with Crippen molar-refractivity contribution in [1.29, 1.82) is 0 Å². The largest absolute Gasteiger partial charge is 0.394 e. The number of benzene rings is 3. The zero-order valence-corrected chi connectivity index (χ0v) is 12.4. The molecule has 0 bridgehead atoms. The summed E-state index contributed by atoms with van der Waals surface area (Å²) in [5, 5.41) is 14.5. The molecule has 0 aliphatic rings. The molecule has 3 aromatic carbocycles. The Bertz CT molecular complexity index is 830. The highest BCUT2D eigenvalue weighted by molar-refractivity contribution is 5.94. The standard InChI is InChI=1S/C19H16FNO2/c20-17-9-7-14(8-10-17)19(23)21-18(12-22)16-6-5-13-3-1-2-4-15(13)11-16/h1-11,18,22H,12H2,(H,21,23)/t18-/m0/s1. The fourth-order valence-corrected chi connectivity index (χ4v) is 2.50. The summed E-state index contributed by atoms with van der Waals surface area (Å²) in [7, 11) is 0. The molecule has 3 aromatic rings. The van der Waals surface area contributed by atoms with E-state index < -0.39 is 11.9 Å². The van der Waals surface area contributed by atoms with Crippen molar-refractivity contribution in [3.63, 3.8) is 0 Å². The van der Waals surface area contributed by atoms with E-state index in [9.17, 15) is 14.3 Å². The van der Waals surface area contributed by atoms with Gasteiger partial charge in [0.2, 0.25) is 0 Å². The van der Waals surface area contributed by atoms with Crippen LogP contribution in [-0.4, -0.2) is 17.6 Å². The molecule has 3 rings (SSSR count). The van der Waals surface area contributed by atoms with Crippen LogP contribution in [0.3, 0.4) is 0 Å². The molecule has 4 heteroatoms. The van der Waals surface area contributed by atoms with Gasteiger partial charge in [-0.2, -0.15) is 0 Å². The van der Waals surface area contributed by atoms with Crippen LogP contribution in [-0.2, 0) is 0 Å². The minimum Gasteiger partial charge on any atom is -0.394 e. The van der Waals surface area contributed by atoms with Crippen molar-refractivity contribution in [3.05, 3.63) is 83.7 Å². The Balaban J connectivity index is 1.83. The summed E-state index contributed by atoms with van der Waals surface area (Å²) in [5.41, 5.74) is 1.17. The third-order valence-electron chi connectivity index (χ3n) is 3.77. The Morgan fingerprint density at radius 3 is 2.39 bits per heavy atom. The lowest BCUT2D eigenvalue weighted by molar-refractivity contribution is 0.0916. The molecule has 0 heterocycles. The van der Waals surface area contributed by atoms with Crippen LogP contribution in [0, 0.1) is 5.82 Å². The van der Waals surface area contributed by atoms with E-state index in [-0.39, 0.29) is 12.5 Å². The maximum Gasteiger partial charge on any atom is 0.251 e. The molecule has 23 heavy (non-hydrogen) atoms. The molecule has 0 aliphatic heterocycles. The van der Waals surface area contributed by atoms with Crippen molar-refractivity contribution in [1.82, 2.24) is 5.32 Å². The zero-order valence-electron chi connectivity index (χ0n) is 12.4. The van der Waals surface area contributed by atoms with Gasteiger partial charge in [-0.15, -0.1) is 0 Å². The van der Waals surface area contributed by atoms with Crippen LogP contribution in [0.4, 0.5) is 4.39 Å². The van der Waals surface area contributed by atoms with Crippen molar-refractivity contribution in [2.75, 3.05) is 6.61 Å². The van der Waals surface area contributed by atoms with Gasteiger partial charge in [-0.1, -0.05) is 36.4 Å². The van der Waals surface area contributed by atoms with Gasteiger partial charge in [0.05, 0.1) is 12.6 Å². The Hall–Kier alpha value is -2.72. The summed E-state index contributed by atoms with van der Waals surface area (Å²) in [5.74, 6) is -0.744. The number of carbonyl (C=O) groups is 1. The number of nitrogens with one attached hydrogen (secondary N) is 1. The van der Waals surface area contributed by atoms with Gasteiger partial charge < -0.3 is 10.4 Å². The molecule has 116 valence electrons. The van der Waals surface area contributed by atoms with Crippen LogP contribution in [0.1, 0.15) is 22.0 Å². The second-order valence-corrected chi connectivity index (χ2v) is 5.32. The second-order valence-electron chi connectivity index (χ2n) is 5.32. The maximum absolute atomic E-state index is 12.9. The number of aliphatic hydroxyl groups is 1. The van der Waals surface area contributed by atoms with Gasteiger partial charge in [-0.3, -0.25) is 4.79 Å². The highest BCUT2D eigenvalue weighted by Crippen LogP contribution is 2.20. The minimum atomic E-state index is -0.517. The molecule has 0 spiro atoms. The van der Waals surface area contributed by atoms with E-state index in [1.54, 1.807) is 0 Å². The Kier molecular flexibility index (Phi) is 4.35. The van der Waals surface area contributed by atoms with Gasteiger partial charge in [-0.25, -0.2) is 4.39 Å². The summed E-state index contributed by atoms with van der Waals surface area (Å²) >= 11 is 0. The third kappa shape index (κ3) is 3.38. The number of rotatable bonds is 4. The lowest BCUT2D eigenvalue weighted by Crippen LogP contribution is -2.30. The van der Waals surface area contributed by atoms with E-state index in [1.807, 2.05) is 42.5 Å². The van der Waals surface area contributed by atoms with Crippen LogP contribution >= 0.6 is 0 Å². The average molecular weight is 309 g/mol. The summed E-state index contributed by atoms with van der Waals surface area (Å²) in [6.45, 7) is -0.217. The molecular weight excluding hydrogens is 293 g/mol.